The minimum Gasteiger partial charge on any atom is -0.477 e. The lowest BCUT2D eigenvalue weighted by Crippen LogP contribution is -2.22. The summed E-state index contributed by atoms with van der Waals surface area (Å²) in [4.78, 5) is 23.3. The van der Waals surface area contributed by atoms with Crippen molar-refractivity contribution in [2.75, 3.05) is 0 Å². The highest BCUT2D eigenvalue weighted by Gasteiger charge is 2.16. The standard InChI is InChI=1S/C14H12N2O3/c1-2-15-8-10(14(18)19)13(17)12-7-9-5-3-4-6-11(9)16(12)15/h3-8H,2H2,1H3,(H,18,19). The van der Waals surface area contributed by atoms with Crippen molar-refractivity contribution in [2.45, 2.75) is 13.5 Å². The summed E-state index contributed by atoms with van der Waals surface area (Å²) >= 11 is 0. The number of rotatable bonds is 2. The molecule has 2 aromatic heterocycles. The first-order valence-electron chi connectivity index (χ1n) is 6.00. The predicted molar refractivity (Wildman–Crippen MR) is 71.8 cm³/mol. The fraction of sp³-hybridized carbons (Fsp3) is 0.143. The highest BCUT2D eigenvalue weighted by atomic mass is 16.4. The summed E-state index contributed by atoms with van der Waals surface area (Å²) in [7, 11) is 0. The van der Waals surface area contributed by atoms with Crippen molar-refractivity contribution in [3.8, 4) is 0 Å². The van der Waals surface area contributed by atoms with E-state index in [1.165, 1.54) is 6.20 Å². The van der Waals surface area contributed by atoms with Crippen molar-refractivity contribution in [1.29, 1.82) is 0 Å². The van der Waals surface area contributed by atoms with Gasteiger partial charge < -0.3 is 5.11 Å². The lowest BCUT2D eigenvalue weighted by molar-refractivity contribution is 0.0694. The largest absolute Gasteiger partial charge is 0.477 e. The number of carboxylic acid groups (broad SMARTS) is 1. The quantitative estimate of drug-likeness (QED) is 0.762. The first-order valence-corrected chi connectivity index (χ1v) is 6.00. The number of carbonyl (C=O) groups is 1. The highest BCUT2D eigenvalue weighted by molar-refractivity contribution is 5.92. The molecule has 0 saturated heterocycles. The van der Waals surface area contributed by atoms with E-state index in [2.05, 4.69) is 0 Å². The van der Waals surface area contributed by atoms with Gasteiger partial charge in [-0.1, -0.05) is 18.2 Å². The molecular weight excluding hydrogens is 244 g/mol. The molecule has 0 unspecified atom stereocenters. The van der Waals surface area contributed by atoms with E-state index < -0.39 is 11.4 Å². The molecule has 5 nitrogen and oxygen atoms in total. The van der Waals surface area contributed by atoms with Crippen LogP contribution in [-0.2, 0) is 6.54 Å². The van der Waals surface area contributed by atoms with Crippen molar-refractivity contribution in [1.82, 2.24) is 9.20 Å². The first-order chi connectivity index (χ1) is 9.13. The van der Waals surface area contributed by atoms with Gasteiger partial charge in [0.1, 0.15) is 11.1 Å². The van der Waals surface area contributed by atoms with E-state index in [0.29, 0.717) is 12.1 Å². The van der Waals surface area contributed by atoms with Crippen LogP contribution in [0.2, 0.25) is 0 Å². The van der Waals surface area contributed by atoms with Crippen LogP contribution in [0.25, 0.3) is 16.4 Å². The summed E-state index contributed by atoms with van der Waals surface area (Å²) in [5.41, 5.74) is 0.641. The van der Waals surface area contributed by atoms with Crippen LogP contribution in [0.1, 0.15) is 17.3 Å². The zero-order valence-corrected chi connectivity index (χ0v) is 10.3. The smallest absolute Gasteiger partial charge is 0.341 e. The number of carboxylic acids is 1. The van der Waals surface area contributed by atoms with Gasteiger partial charge in [-0.3, -0.25) is 9.48 Å². The molecule has 5 heteroatoms. The van der Waals surface area contributed by atoms with Gasteiger partial charge in [0, 0.05) is 18.1 Å². The molecule has 0 aliphatic carbocycles. The fourth-order valence-electron chi connectivity index (χ4n) is 2.37. The Morgan fingerprint density at radius 2 is 2.00 bits per heavy atom. The number of aryl methyl sites for hydroxylation is 1. The van der Waals surface area contributed by atoms with Crippen molar-refractivity contribution in [3.05, 3.63) is 52.3 Å². The fourth-order valence-corrected chi connectivity index (χ4v) is 2.37. The average molecular weight is 256 g/mol. The van der Waals surface area contributed by atoms with E-state index in [1.54, 1.807) is 15.3 Å². The number of hydrogen-bond donors (Lipinski definition) is 1. The van der Waals surface area contributed by atoms with Crippen LogP contribution in [0.15, 0.2) is 41.3 Å². The third-order valence-corrected chi connectivity index (χ3v) is 3.25. The molecule has 1 N–H and O–H groups in total. The van der Waals surface area contributed by atoms with Gasteiger partial charge in [-0.2, -0.15) is 0 Å². The molecule has 0 bridgehead atoms. The van der Waals surface area contributed by atoms with Gasteiger partial charge in [0.05, 0.1) is 5.52 Å². The van der Waals surface area contributed by atoms with Gasteiger partial charge in [-0.15, -0.1) is 0 Å². The van der Waals surface area contributed by atoms with Crippen LogP contribution in [0, 0.1) is 0 Å². The van der Waals surface area contributed by atoms with Crippen molar-refractivity contribution >= 4 is 22.4 Å². The van der Waals surface area contributed by atoms with Crippen LogP contribution in [0.4, 0.5) is 0 Å². The van der Waals surface area contributed by atoms with Crippen LogP contribution >= 0.6 is 0 Å². The Balaban J connectivity index is 2.59. The van der Waals surface area contributed by atoms with Crippen molar-refractivity contribution < 1.29 is 9.90 Å². The van der Waals surface area contributed by atoms with E-state index in [-0.39, 0.29) is 5.56 Å². The summed E-state index contributed by atoms with van der Waals surface area (Å²) in [6.45, 7) is 2.49. The second-order valence-corrected chi connectivity index (χ2v) is 4.33. The Kier molecular flexibility index (Phi) is 2.41. The van der Waals surface area contributed by atoms with E-state index in [9.17, 15) is 9.59 Å². The Morgan fingerprint density at radius 3 is 2.68 bits per heavy atom. The topological polar surface area (TPSA) is 63.7 Å². The van der Waals surface area contributed by atoms with Gasteiger partial charge in [-0.05, 0) is 19.1 Å². The SMILES string of the molecule is CCn1cc(C(=O)O)c(=O)c2cc3ccccc3n21. The summed E-state index contributed by atoms with van der Waals surface area (Å²) in [6, 6.07) is 9.33. The van der Waals surface area contributed by atoms with Gasteiger partial charge in [0.2, 0.25) is 5.43 Å². The molecule has 2 heterocycles. The summed E-state index contributed by atoms with van der Waals surface area (Å²) in [6.07, 6.45) is 1.39. The number of para-hydroxylation sites is 1. The van der Waals surface area contributed by atoms with Gasteiger partial charge in [-0.25, -0.2) is 9.31 Å². The lowest BCUT2D eigenvalue weighted by Gasteiger charge is -2.10. The Hall–Kier alpha value is -2.56. The Morgan fingerprint density at radius 1 is 1.26 bits per heavy atom. The maximum absolute atomic E-state index is 12.2. The van der Waals surface area contributed by atoms with Crippen LogP contribution in [0.5, 0.6) is 0 Å². The van der Waals surface area contributed by atoms with Gasteiger partial charge in [0.15, 0.2) is 0 Å². The number of aromatic carboxylic acids is 1. The minimum atomic E-state index is -1.19. The number of benzene rings is 1. The second-order valence-electron chi connectivity index (χ2n) is 4.33. The zero-order chi connectivity index (χ0) is 13.6. The third-order valence-electron chi connectivity index (χ3n) is 3.25. The third kappa shape index (κ3) is 1.55. The lowest BCUT2D eigenvalue weighted by atomic mass is 10.2. The zero-order valence-electron chi connectivity index (χ0n) is 10.3. The van der Waals surface area contributed by atoms with E-state index in [0.717, 1.165) is 10.9 Å². The van der Waals surface area contributed by atoms with Crippen molar-refractivity contribution in [2.24, 2.45) is 0 Å². The number of hydrogen-bond acceptors (Lipinski definition) is 2. The molecule has 0 aliphatic rings. The van der Waals surface area contributed by atoms with Crippen molar-refractivity contribution in [3.63, 3.8) is 0 Å². The van der Waals surface area contributed by atoms with Gasteiger partial charge in [0.25, 0.3) is 0 Å². The molecular formula is C14H12N2O3. The Bertz CT molecular complexity index is 858. The molecule has 1 aromatic carbocycles. The monoisotopic (exact) mass is 256 g/mol. The number of aromatic nitrogens is 2. The van der Waals surface area contributed by atoms with Crippen LogP contribution < -0.4 is 5.43 Å². The van der Waals surface area contributed by atoms with Gasteiger partial charge >= 0.3 is 5.97 Å². The predicted octanol–water partition coefficient (Wildman–Crippen LogP) is 1.97. The average Bonchev–Trinajstić information content (AvgIpc) is 2.79. The number of nitrogens with zero attached hydrogens (tertiary/aromatic N) is 2. The van der Waals surface area contributed by atoms with E-state index in [1.807, 2.05) is 31.2 Å². The molecule has 3 aromatic rings. The van der Waals surface area contributed by atoms with E-state index in [4.69, 9.17) is 5.11 Å². The second kappa shape index (κ2) is 3.98. The molecule has 0 radical (unpaired) electrons. The van der Waals surface area contributed by atoms with Crippen LogP contribution in [-0.4, -0.2) is 20.3 Å². The molecule has 0 atom stereocenters. The molecule has 96 valence electrons. The molecule has 19 heavy (non-hydrogen) atoms. The first kappa shape index (κ1) is 11.5. The molecule has 0 saturated carbocycles. The molecule has 0 aliphatic heterocycles. The minimum absolute atomic E-state index is 0.197. The number of fused-ring (bicyclic) bond motifs is 3. The summed E-state index contributed by atoms with van der Waals surface area (Å²) < 4.78 is 3.51. The molecule has 0 amide bonds. The highest BCUT2D eigenvalue weighted by Crippen LogP contribution is 2.18. The maximum Gasteiger partial charge on any atom is 0.341 e. The van der Waals surface area contributed by atoms with Crippen LogP contribution in [0.3, 0.4) is 0 Å². The summed E-state index contributed by atoms with van der Waals surface area (Å²) in [5.74, 6) is -1.19. The Labute approximate surface area is 108 Å². The van der Waals surface area contributed by atoms with E-state index >= 15 is 0 Å². The maximum atomic E-state index is 12.2. The molecule has 0 fully saturated rings. The molecule has 3 rings (SSSR count). The molecule has 0 spiro atoms. The normalized spacial score (nSPS) is 11.2. The summed E-state index contributed by atoms with van der Waals surface area (Å²) in [5, 5.41) is 10.0.